The average Bonchev–Trinajstić information content (AvgIpc) is 2.47. The van der Waals surface area contributed by atoms with Crippen molar-refractivity contribution in [1.29, 1.82) is 0 Å². The Morgan fingerprint density at radius 2 is 1.80 bits per heavy atom. The van der Waals surface area contributed by atoms with Crippen molar-refractivity contribution < 1.29 is 9.84 Å². The summed E-state index contributed by atoms with van der Waals surface area (Å²) in [6.45, 7) is 5.88. The molecule has 0 aromatic heterocycles. The van der Waals surface area contributed by atoms with E-state index in [0.717, 1.165) is 11.8 Å². The Balaban J connectivity index is 1.56. The molecule has 3 nitrogen and oxygen atoms in total. The van der Waals surface area contributed by atoms with Gasteiger partial charge in [0.25, 0.3) is 0 Å². The van der Waals surface area contributed by atoms with E-state index < -0.39 is 0 Å². The zero-order valence-electron chi connectivity index (χ0n) is 13.3. The molecule has 0 heterocycles. The van der Waals surface area contributed by atoms with E-state index >= 15 is 0 Å². The highest BCUT2D eigenvalue weighted by molar-refractivity contribution is 4.80. The molecule has 0 saturated heterocycles. The molecular formula is C17H33NO2. The minimum Gasteiger partial charge on any atom is -0.389 e. The average molecular weight is 283 g/mol. The molecule has 3 heteroatoms. The van der Waals surface area contributed by atoms with Gasteiger partial charge in [-0.25, -0.2) is 0 Å². The van der Waals surface area contributed by atoms with Crippen molar-refractivity contribution in [2.24, 2.45) is 11.8 Å². The van der Waals surface area contributed by atoms with Gasteiger partial charge in [-0.05, 0) is 43.9 Å². The van der Waals surface area contributed by atoms with Crippen LogP contribution >= 0.6 is 0 Å². The Hall–Kier alpha value is -0.120. The molecule has 4 atom stereocenters. The van der Waals surface area contributed by atoms with E-state index in [1.54, 1.807) is 0 Å². The fourth-order valence-electron chi connectivity index (χ4n) is 3.57. The van der Waals surface area contributed by atoms with E-state index in [4.69, 9.17) is 4.74 Å². The summed E-state index contributed by atoms with van der Waals surface area (Å²) in [5, 5.41) is 13.6. The fourth-order valence-corrected chi connectivity index (χ4v) is 3.57. The lowest BCUT2D eigenvalue weighted by Gasteiger charge is -2.33. The Morgan fingerprint density at radius 3 is 2.50 bits per heavy atom. The van der Waals surface area contributed by atoms with Crippen LogP contribution in [0.25, 0.3) is 0 Å². The van der Waals surface area contributed by atoms with E-state index in [-0.39, 0.29) is 6.10 Å². The van der Waals surface area contributed by atoms with Crippen molar-refractivity contribution in [2.45, 2.75) is 83.5 Å². The van der Waals surface area contributed by atoms with Gasteiger partial charge in [-0.1, -0.05) is 33.1 Å². The summed E-state index contributed by atoms with van der Waals surface area (Å²) in [6, 6.07) is 0.588. The van der Waals surface area contributed by atoms with Crippen LogP contribution in [0.2, 0.25) is 0 Å². The van der Waals surface area contributed by atoms with Crippen LogP contribution in [0.3, 0.4) is 0 Å². The van der Waals surface area contributed by atoms with Gasteiger partial charge in [0.1, 0.15) is 0 Å². The van der Waals surface area contributed by atoms with E-state index in [2.05, 4.69) is 19.2 Å². The smallest absolute Gasteiger partial charge is 0.0897 e. The fraction of sp³-hybridized carbons (Fsp3) is 1.00. The number of aliphatic hydroxyl groups excluding tert-OH is 1. The highest BCUT2D eigenvalue weighted by atomic mass is 16.5. The van der Waals surface area contributed by atoms with E-state index in [1.165, 1.54) is 51.4 Å². The van der Waals surface area contributed by atoms with Gasteiger partial charge < -0.3 is 15.2 Å². The van der Waals surface area contributed by atoms with Crippen molar-refractivity contribution in [1.82, 2.24) is 5.32 Å². The van der Waals surface area contributed by atoms with Crippen LogP contribution in [0.4, 0.5) is 0 Å². The highest BCUT2D eigenvalue weighted by Crippen LogP contribution is 2.29. The molecule has 0 bridgehead atoms. The second kappa shape index (κ2) is 8.35. The summed E-state index contributed by atoms with van der Waals surface area (Å²) < 4.78 is 5.83. The molecular weight excluding hydrogens is 250 g/mol. The molecule has 0 radical (unpaired) electrons. The maximum absolute atomic E-state index is 10.0. The summed E-state index contributed by atoms with van der Waals surface area (Å²) in [7, 11) is 0. The number of hydrogen-bond donors (Lipinski definition) is 2. The van der Waals surface area contributed by atoms with Crippen LogP contribution < -0.4 is 5.32 Å². The second-order valence-electron chi connectivity index (χ2n) is 7.12. The summed E-state index contributed by atoms with van der Waals surface area (Å²) in [5.41, 5.74) is 0. The molecule has 118 valence electrons. The first-order valence-corrected chi connectivity index (χ1v) is 8.68. The Kier molecular flexibility index (Phi) is 6.79. The van der Waals surface area contributed by atoms with Gasteiger partial charge in [-0.15, -0.1) is 0 Å². The second-order valence-corrected chi connectivity index (χ2v) is 7.12. The third-order valence-electron chi connectivity index (χ3n) is 5.32. The zero-order chi connectivity index (χ0) is 14.4. The molecule has 0 amide bonds. The first-order valence-electron chi connectivity index (χ1n) is 8.68. The monoisotopic (exact) mass is 283 g/mol. The van der Waals surface area contributed by atoms with Crippen LogP contribution in [0.15, 0.2) is 0 Å². The van der Waals surface area contributed by atoms with Gasteiger partial charge in [-0.2, -0.15) is 0 Å². The highest BCUT2D eigenvalue weighted by Gasteiger charge is 2.24. The first kappa shape index (κ1) is 16.3. The van der Waals surface area contributed by atoms with Crippen LogP contribution in [0.5, 0.6) is 0 Å². The van der Waals surface area contributed by atoms with E-state index in [0.29, 0.717) is 25.3 Å². The number of ether oxygens (including phenoxy) is 1. The molecule has 20 heavy (non-hydrogen) atoms. The van der Waals surface area contributed by atoms with Gasteiger partial charge in [-0.3, -0.25) is 0 Å². The molecule has 0 spiro atoms. The molecule has 2 N–H and O–H groups in total. The third kappa shape index (κ3) is 5.34. The summed E-state index contributed by atoms with van der Waals surface area (Å²) in [5.74, 6) is 1.66. The topological polar surface area (TPSA) is 41.5 Å². The van der Waals surface area contributed by atoms with Gasteiger partial charge in [0.05, 0.1) is 18.8 Å². The molecule has 0 aromatic carbocycles. The third-order valence-corrected chi connectivity index (χ3v) is 5.32. The molecule has 2 fully saturated rings. The number of rotatable bonds is 6. The number of hydrogen-bond acceptors (Lipinski definition) is 3. The SMILES string of the molecule is CC1CCC(NCC(O)COC2CCCCC2)CC1C. The van der Waals surface area contributed by atoms with E-state index in [1.807, 2.05) is 0 Å². The maximum atomic E-state index is 10.0. The van der Waals surface area contributed by atoms with E-state index in [9.17, 15) is 5.11 Å². The number of nitrogens with one attached hydrogen (secondary N) is 1. The van der Waals surface area contributed by atoms with Crippen LogP contribution in [-0.4, -0.2) is 36.5 Å². The van der Waals surface area contributed by atoms with Gasteiger partial charge >= 0.3 is 0 Å². The Morgan fingerprint density at radius 1 is 1.05 bits per heavy atom. The molecule has 2 aliphatic carbocycles. The molecule has 2 rings (SSSR count). The van der Waals surface area contributed by atoms with Gasteiger partial charge in [0.15, 0.2) is 0 Å². The molecule has 2 aliphatic rings. The standard InChI is InChI=1S/C17H33NO2/c1-13-8-9-15(10-14(13)2)18-11-16(19)12-20-17-6-4-3-5-7-17/h13-19H,3-12H2,1-2H3. The molecule has 0 aliphatic heterocycles. The lowest BCUT2D eigenvalue weighted by Crippen LogP contribution is -2.41. The van der Waals surface area contributed by atoms with Crippen LogP contribution in [0.1, 0.15) is 65.2 Å². The zero-order valence-corrected chi connectivity index (χ0v) is 13.3. The van der Waals surface area contributed by atoms with Crippen LogP contribution in [-0.2, 0) is 4.74 Å². The quantitative estimate of drug-likeness (QED) is 0.787. The molecule has 0 aromatic rings. The predicted octanol–water partition coefficient (Wildman–Crippen LogP) is 3.11. The Labute approximate surface area is 124 Å². The van der Waals surface area contributed by atoms with Crippen molar-refractivity contribution in [3.05, 3.63) is 0 Å². The molecule has 2 saturated carbocycles. The first-order chi connectivity index (χ1) is 9.65. The van der Waals surface area contributed by atoms with Crippen molar-refractivity contribution in [3.8, 4) is 0 Å². The summed E-state index contributed by atoms with van der Waals surface area (Å²) >= 11 is 0. The number of aliphatic hydroxyl groups is 1. The van der Waals surface area contributed by atoms with Crippen molar-refractivity contribution in [2.75, 3.05) is 13.2 Å². The summed E-state index contributed by atoms with van der Waals surface area (Å²) in [6.07, 6.45) is 10.1. The van der Waals surface area contributed by atoms with Gasteiger partial charge in [0.2, 0.25) is 0 Å². The van der Waals surface area contributed by atoms with Crippen molar-refractivity contribution >= 4 is 0 Å². The van der Waals surface area contributed by atoms with Gasteiger partial charge in [0, 0.05) is 12.6 Å². The van der Waals surface area contributed by atoms with Crippen molar-refractivity contribution in [3.63, 3.8) is 0 Å². The lowest BCUT2D eigenvalue weighted by atomic mass is 9.79. The normalized spacial score (nSPS) is 34.0. The van der Waals surface area contributed by atoms with Crippen LogP contribution in [0, 0.1) is 11.8 Å². The maximum Gasteiger partial charge on any atom is 0.0897 e. The lowest BCUT2D eigenvalue weighted by molar-refractivity contribution is -0.0241. The minimum atomic E-state index is -0.355. The predicted molar refractivity (Wildman–Crippen MR) is 82.8 cm³/mol. The Bertz CT molecular complexity index is 266. The summed E-state index contributed by atoms with van der Waals surface area (Å²) in [4.78, 5) is 0. The molecule has 4 unspecified atom stereocenters. The largest absolute Gasteiger partial charge is 0.389 e. The minimum absolute atomic E-state index is 0.355.